The zero-order chi connectivity index (χ0) is 20.3. The van der Waals surface area contributed by atoms with Gasteiger partial charge >= 0.3 is 0 Å². The molecule has 0 spiro atoms. The molecule has 0 saturated heterocycles. The van der Waals surface area contributed by atoms with E-state index in [1.807, 2.05) is 64.1 Å². The molecule has 0 saturated carbocycles. The number of aromatic hydroxyl groups is 2. The van der Waals surface area contributed by atoms with Crippen LogP contribution in [0.4, 0.5) is 0 Å². The number of para-hydroxylation sites is 2. The van der Waals surface area contributed by atoms with E-state index in [-0.39, 0.29) is 0 Å². The van der Waals surface area contributed by atoms with Crippen LogP contribution in [0.5, 0.6) is 11.5 Å². The number of phenolic OH excluding ortho intramolecular Hbond substituents is 2. The second-order valence-corrected chi connectivity index (χ2v) is 5.36. The zero-order valence-corrected chi connectivity index (χ0v) is 17.3. The first kappa shape index (κ1) is 24.9. The van der Waals surface area contributed by atoms with E-state index < -0.39 is 0 Å². The Kier molecular flexibility index (Phi) is 16.0. The Labute approximate surface area is 164 Å². The first-order valence-corrected chi connectivity index (χ1v) is 9.93. The van der Waals surface area contributed by atoms with Crippen molar-refractivity contribution in [3.63, 3.8) is 0 Å². The molecular formula is C22H37N3O2. The first-order chi connectivity index (χ1) is 13.3. The average molecular weight is 376 g/mol. The SMILES string of the molecule is CC.CC.Oc1ccccc1CNCCNCCNCc1ccccc1O. The van der Waals surface area contributed by atoms with Crippen molar-refractivity contribution >= 4 is 0 Å². The molecule has 0 bridgehead atoms. The lowest BCUT2D eigenvalue weighted by atomic mass is 10.2. The molecule has 27 heavy (non-hydrogen) atoms. The summed E-state index contributed by atoms with van der Waals surface area (Å²) in [6.07, 6.45) is 0. The van der Waals surface area contributed by atoms with Crippen LogP contribution in [0, 0.1) is 0 Å². The van der Waals surface area contributed by atoms with Crippen molar-refractivity contribution in [2.45, 2.75) is 40.8 Å². The number of hydrogen-bond acceptors (Lipinski definition) is 5. The molecule has 0 heterocycles. The van der Waals surface area contributed by atoms with Crippen LogP contribution in [0.25, 0.3) is 0 Å². The van der Waals surface area contributed by atoms with Gasteiger partial charge in [0.05, 0.1) is 0 Å². The van der Waals surface area contributed by atoms with Crippen molar-refractivity contribution < 1.29 is 10.2 Å². The monoisotopic (exact) mass is 375 g/mol. The fraction of sp³-hybridized carbons (Fsp3) is 0.455. The van der Waals surface area contributed by atoms with Crippen molar-refractivity contribution in [1.82, 2.24) is 16.0 Å². The van der Waals surface area contributed by atoms with Crippen molar-refractivity contribution in [3.05, 3.63) is 59.7 Å². The third kappa shape index (κ3) is 11.3. The molecule has 0 fully saturated rings. The number of nitrogens with one attached hydrogen (secondary N) is 3. The maximum atomic E-state index is 9.64. The number of rotatable bonds is 10. The summed E-state index contributed by atoms with van der Waals surface area (Å²) in [6, 6.07) is 14.7. The van der Waals surface area contributed by atoms with Gasteiger partial charge in [0, 0.05) is 50.4 Å². The summed E-state index contributed by atoms with van der Waals surface area (Å²) in [5.41, 5.74) is 1.83. The average Bonchev–Trinajstić information content (AvgIpc) is 2.72. The maximum absolute atomic E-state index is 9.64. The Balaban J connectivity index is 0.00000158. The van der Waals surface area contributed by atoms with E-state index >= 15 is 0 Å². The van der Waals surface area contributed by atoms with Gasteiger partial charge in [0.1, 0.15) is 11.5 Å². The fourth-order valence-electron chi connectivity index (χ4n) is 2.25. The number of benzene rings is 2. The van der Waals surface area contributed by atoms with E-state index in [1.54, 1.807) is 12.1 Å². The van der Waals surface area contributed by atoms with Crippen LogP contribution < -0.4 is 16.0 Å². The molecule has 0 aliphatic carbocycles. The van der Waals surface area contributed by atoms with Gasteiger partial charge in [0.2, 0.25) is 0 Å². The Morgan fingerprint density at radius 2 is 0.889 bits per heavy atom. The summed E-state index contributed by atoms with van der Waals surface area (Å²) in [5.74, 6) is 0.669. The molecule has 2 rings (SSSR count). The first-order valence-electron chi connectivity index (χ1n) is 9.93. The quantitative estimate of drug-likeness (QED) is 0.410. The van der Waals surface area contributed by atoms with Crippen LogP contribution in [-0.4, -0.2) is 36.4 Å². The smallest absolute Gasteiger partial charge is 0.120 e. The third-order valence-electron chi connectivity index (χ3n) is 3.57. The minimum atomic E-state index is 0.335. The summed E-state index contributed by atoms with van der Waals surface area (Å²) in [4.78, 5) is 0. The Bertz CT molecular complexity index is 540. The lowest BCUT2D eigenvalue weighted by Gasteiger charge is -2.09. The minimum absolute atomic E-state index is 0.335. The third-order valence-corrected chi connectivity index (χ3v) is 3.57. The topological polar surface area (TPSA) is 76.5 Å². The Morgan fingerprint density at radius 3 is 1.26 bits per heavy atom. The minimum Gasteiger partial charge on any atom is -0.508 e. The normalized spacial score (nSPS) is 9.63. The Morgan fingerprint density at radius 1 is 0.556 bits per heavy atom. The van der Waals surface area contributed by atoms with Crippen LogP contribution in [0.1, 0.15) is 38.8 Å². The Hall–Kier alpha value is -2.08. The van der Waals surface area contributed by atoms with Crippen LogP contribution in [0.3, 0.4) is 0 Å². The molecule has 0 amide bonds. The van der Waals surface area contributed by atoms with E-state index in [2.05, 4.69) is 16.0 Å². The highest BCUT2D eigenvalue weighted by molar-refractivity contribution is 5.32. The van der Waals surface area contributed by atoms with Gasteiger partial charge in [-0.1, -0.05) is 64.1 Å². The molecule has 5 heteroatoms. The predicted molar refractivity (Wildman–Crippen MR) is 115 cm³/mol. The van der Waals surface area contributed by atoms with E-state index in [9.17, 15) is 10.2 Å². The molecule has 2 aromatic carbocycles. The van der Waals surface area contributed by atoms with Gasteiger partial charge in [0.15, 0.2) is 0 Å². The molecule has 0 unspecified atom stereocenters. The van der Waals surface area contributed by atoms with E-state index in [0.717, 1.165) is 37.3 Å². The molecular weight excluding hydrogens is 338 g/mol. The largest absolute Gasteiger partial charge is 0.508 e. The van der Waals surface area contributed by atoms with Crippen LogP contribution in [0.15, 0.2) is 48.5 Å². The van der Waals surface area contributed by atoms with Crippen LogP contribution in [-0.2, 0) is 13.1 Å². The maximum Gasteiger partial charge on any atom is 0.120 e. The standard InChI is InChI=1S/C18H25N3O2.2C2H6/c22-17-7-3-1-5-15(17)13-20-11-9-19-10-12-21-14-16-6-2-4-8-18(16)23;2*1-2/h1-8,19-23H,9-14H2;2*1-2H3. The summed E-state index contributed by atoms with van der Waals surface area (Å²) in [5, 5.41) is 29.2. The molecule has 0 radical (unpaired) electrons. The van der Waals surface area contributed by atoms with Crippen molar-refractivity contribution in [1.29, 1.82) is 0 Å². The van der Waals surface area contributed by atoms with Crippen molar-refractivity contribution in [2.75, 3.05) is 26.2 Å². The van der Waals surface area contributed by atoms with Gasteiger partial charge in [-0.25, -0.2) is 0 Å². The highest BCUT2D eigenvalue weighted by Crippen LogP contribution is 2.15. The van der Waals surface area contributed by atoms with E-state index in [1.165, 1.54) is 0 Å². The molecule has 0 atom stereocenters. The number of phenols is 2. The highest BCUT2D eigenvalue weighted by atomic mass is 16.3. The lowest BCUT2D eigenvalue weighted by Crippen LogP contribution is -2.32. The van der Waals surface area contributed by atoms with E-state index in [4.69, 9.17) is 0 Å². The van der Waals surface area contributed by atoms with Gasteiger partial charge in [-0.05, 0) is 12.1 Å². The van der Waals surface area contributed by atoms with Crippen LogP contribution >= 0.6 is 0 Å². The summed E-state index contributed by atoms with van der Waals surface area (Å²) in [6.45, 7) is 12.7. The summed E-state index contributed by atoms with van der Waals surface area (Å²) in [7, 11) is 0. The summed E-state index contributed by atoms with van der Waals surface area (Å²) >= 11 is 0. The second-order valence-electron chi connectivity index (χ2n) is 5.36. The van der Waals surface area contributed by atoms with Crippen molar-refractivity contribution in [2.24, 2.45) is 0 Å². The number of hydrogen-bond donors (Lipinski definition) is 5. The molecule has 0 aromatic heterocycles. The molecule has 5 nitrogen and oxygen atoms in total. The zero-order valence-electron chi connectivity index (χ0n) is 17.3. The van der Waals surface area contributed by atoms with Gasteiger partial charge < -0.3 is 26.2 Å². The lowest BCUT2D eigenvalue weighted by molar-refractivity contribution is 0.463. The fourth-order valence-corrected chi connectivity index (χ4v) is 2.25. The predicted octanol–water partition coefficient (Wildman–Crippen LogP) is 3.62. The molecule has 152 valence electrons. The van der Waals surface area contributed by atoms with Gasteiger partial charge in [-0.2, -0.15) is 0 Å². The molecule has 0 aliphatic rings. The molecule has 0 aliphatic heterocycles. The second kappa shape index (κ2) is 17.3. The van der Waals surface area contributed by atoms with Crippen molar-refractivity contribution in [3.8, 4) is 11.5 Å². The van der Waals surface area contributed by atoms with E-state index in [0.29, 0.717) is 24.6 Å². The van der Waals surface area contributed by atoms with Crippen LogP contribution in [0.2, 0.25) is 0 Å². The molecule has 5 N–H and O–H groups in total. The van der Waals surface area contributed by atoms with Gasteiger partial charge in [0.25, 0.3) is 0 Å². The van der Waals surface area contributed by atoms with Gasteiger partial charge in [-0.15, -0.1) is 0 Å². The molecule has 2 aromatic rings. The highest BCUT2D eigenvalue weighted by Gasteiger charge is 1.99. The summed E-state index contributed by atoms with van der Waals surface area (Å²) < 4.78 is 0. The van der Waals surface area contributed by atoms with Gasteiger partial charge in [-0.3, -0.25) is 0 Å².